The number of aromatic nitrogens is 1. The molecular weight excluding hydrogens is 234 g/mol. The maximum atomic E-state index is 11.2. The number of carbonyl (C=O) groups is 1. The summed E-state index contributed by atoms with van der Waals surface area (Å²) in [6.07, 6.45) is 4.44. The van der Waals surface area contributed by atoms with E-state index in [1.807, 2.05) is 12.3 Å². The molecule has 0 saturated carbocycles. The first-order valence-corrected chi connectivity index (χ1v) is 7.12. The molecule has 0 spiro atoms. The summed E-state index contributed by atoms with van der Waals surface area (Å²) in [5.41, 5.74) is 1.07. The molecule has 1 amide bonds. The minimum atomic E-state index is 0.0314. The van der Waals surface area contributed by atoms with Crippen molar-refractivity contribution in [2.45, 2.75) is 39.2 Å². The van der Waals surface area contributed by atoms with E-state index in [9.17, 15) is 4.79 Å². The number of nitrogens with one attached hydrogen (secondary N) is 1. The van der Waals surface area contributed by atoms with Gasteiger partial charge >= 0.3 is 0 Å². The van der Waals surface area contributed by atoms with Gasteiger partial charge in [0.1, 0.15) is 0 Å². The van der Waals surface area contributed by atoms with Gasteiger partial charge in [0.05, 0.1) is 5.69 Å². The summed E-state index contributed by atoms with van der Waals surface area (Å²) < 4.78 is 0. The Morgan fingerprint density at radius 2 is 2.24 bits per heavy atom. The summed E-state index contributed by atoms with van der Waals surface area (Å²) in [5.74, 6) is 0.0314. The Balaban J connectivity index is 1.86. The lowest BCUT2D eigenvalue weighted by Gasteiger charge is -2.25. The summed E-state index contributed by atoms with van der Waals surface area (Å²) in [4.78, 5) is 18.1. The lowest BCUT2D eigenvalue weighted by atomic mass is 10.1. The number of hydrogen-bond acceptors (Lipinski definition) is 4. The van der Waals surface area contributed by atoms with Crippen LogP contribution in [0.3, 0.4) is 0 Å². The van der Waals surface area contributed by atoms with E-state index in [0.717, 1.165) is 17.4 Å². The zero-order valence-corrected chi connectivity index (χ0v) is 11.1. The Morgan fingerprint density at radius 1 is 1.47 bits per heavy atom. The third kappa shape index (κ3) is 3.78. The summed E-state index contributed by atoms with van der Waals surface area (Å²) in [6.45, 7) is 5.11. The first kappa shape index (κ1) is 12.5. The number of anilines is 1. The van der Waals surface area contributed by atoms with E-state index >= 15 is 0 Å². The molecule has 5 heteroatoms. The van der Waals surface area contributed by atoms with Gasteiger partial charge in [-0.1, -0.05) is 13.3 Å². The molecule has 0 atom stereocenters. The van der Waals surface area contributed by atoms with E-state index in [1.165, 1.54) is 43.7 Å². The van der Waals surface area contributed by atoms with Crippen molar-refractivity contribution in [3.63, 3.8) is 0 Å². The van der Waals surface area contributed by atoms with E-state index in [1.54, 1.807) is 0 Å². The van der Waals surface area contributed by atoms with Crippen LogP contribution in [0.5, 0.6) is 0 Å². The van der Waals surface area contributed by atoms with Crippen LogP contribution in [0.15, 0.2) is 5.38 Å². The average molecular weight is 253 g/mol. The standard InChI is InChI=1S/C12H19N3OS/c1-2-11(16)14-12-13-10(9-17-12)8-15-6-4-3-5-7-15/h9H,2-8H2,1H3,(H,13,14,16). The molecule has 4 nitrogen and oxygen atoms in total. The second-order valence-corrected chi connectivity index (χ2v) is 5.24. The van der Waals surface area contributed by atoms with Gasteiger partial charge in [0.2, 0.25) is 5.91 Å². The fraction of sp³-hybridized carbons (Fsp3) is 0.667. The number of likely N-dealkylation sites (tertiary alicyclic amines) is 1. The van der Waals surface area contributed by atoms with E-state index in [4.69, 9.17) is 0 Å². The molecule has 1 aliphatic rings. The molecule has 94 valence electrons. The van der Waals surface area contributed by atoms with Gasteiger partial charge in [0, 0.05) is 18.3 Å². The monoisotopic (exact) mass is 253 g/mol. The van der Waals surface area contributed by atoms with Crippen molar-refractivity contribution >= 4 is 22.4 Å². The van der Waals surface area contributed by atoms with Gasteiger partial charge in [-0.05, 0) is 25.9 Å². The molecule has 1 fully saturated rings. The SMILES string of the molecule is CCC(=O)Nc1nc(CN2CCCCC2)cs1. The Bertz CT molecular complexity index is 372. The maximum Gasteiger partial charge on any atom is 0.225 e. The zero-order chi connectivity index (χ0) is 12.1. The smallest absolute Gasteiger partial charge is 0.225 e. The van der Waals surface area contributed by atoms with E-state index in [-0.39, 0.29) is 5.91 Å². The molecule has 17 heavy (non-hydrogen) atoms. The van der Waals surface area contributed by atoms with Crippen LogP contribution in [0.25, 0.3) is 0 Å². The number of amides is 1. The largest absolute Gasteiger partial charge is 0.302 e. The van der Waals surface area contributed by atoms with Crippen LogP contribution in [0.1, 0.15) is 38.3 Å². The molecule has 2 rings (SSSR count). The third-order valence-corrected chi connectivity index (χ3v) is 3.76. The first-order chi connectivity index (χ1) is 8.28. The number of piperidine rings is 1. The Morgan fingerprint density at radius 3 is 2.94 bits per heavy atom. The number of rotatable bonds is 4. The molecule has 2 heterocycles. The molecule has 0 aromatic carbocycles. The third-order valence-electron chi connectivity index (χ3n) is 2.95. The van der Waals surface area contributed by atoms with Crippen LogP contribution < -0.4 is 5.32 Å². The van der Waals surface area contributed by atoms with Crippen molar-refractivity contribution in [2.75, 3.05) is 18.4 Å². The lowest BCUT2D eigenvalue weighted by Crippen LogP contribution is -2.29. The minimum Gasteiger partial charge on any atom is -0.302 e. The van der Waals surface area contributed by atoms with Crippen molar-refractivity contribution < 1.29 is 4.79 Å². The van der Waals surface area contributed by atoms with Gasteiger partial charge in [-0.3, -0.25) is 9.69 Å². The lowest BCUT2D eigenvalue weighted by molar-refractivity contribution is -0.115. The van der Waals surface area contributed by atoms with Gasteiger partial charge in [-0.2, -0.15) is 0 Å². The van der Waals surface area contributed by atoms with Gasteiger partial charge in [-0.15, -0.1) is 11.3 Å². The Labute approximate surface area is 106 Å². The highest BCUT2D eigenvalue weighted by atomic mass is 32.1. The van der Waals surface area contributed by atoms with Gasteiger partial charge in [-0.25, -0.2) is 4.98 Å². The van der Waals surface area contributed by atoms with Crippen molar-refractivity contribution in [1.82, 2.24) is 9.88 Å². The van der Waals surface area contributed by atoms with Crippen LogP contribution in [-0.2, 0) is 11.3 Å². The fourth-order valence-corrected chi connectivity index (χ4v) is 2.71. The molecular formula is C12H19N3OS. The summed E-state index contributed by atoms with van der Waals surface area (Å²) in [5, 5.41) is 5.57. The topological polar surface area (TPSA) is 45.2 Å². The van der Waals surface area contributed by atoms with Crippen LogP contribution in [0.4, 0.5) is 5.13 Å². The number of nitrogens with zero attached hydrogens (tertiary/aromatic N) is 2. The van der Waals surface area contributed by atoms with Crippen LogP contribution in [0.2, 0.25) is 0 Å². The highest BCUT2D eigenvalue weighted by molar-refractivity contribution is 7.13. The molecule has 0 unspecified atom stereocenters. The van der Waals surface area contributed by atoms with Crippen LogP contribution in [0, 0.1) is 0 Å². The highest BCUT2D eigenvalue weighted by Crippen LogP contribution is 2.18. The second-order valence-electron chi connectivity index (χ2n) is 4.38. The quantitative estimate of drug-likeness (QED) is 0.896. The van der Waals surface area contributed by atoms with Gasteiger partial charge < -0.3 is 5.32 Å². The summed E-state index contributed by atoms with van der Waals surface area (Å²) in [7, 11) is 0. The normalized spacial score (nSPS) is 17.0. The van der Waals surface area contributed by atoms with Crippen molar-refractivity contribution in [3.05, 3.63) is 11.1 Å². The molecule has 1 N–H and O–H groups in total. The maximum absolute atomic E-state index is 11.2. The number of carbonyl (C=O) groups excluding carboxylic acids is 1. The number of hydrogen-bond donors (Lipinski definition) is 1. The van der Waals surface area contributed by atoms with Crippen LogP contribution in [-0.4, -0.2) is 28.9 Å². The number of thiazole rings is 1. The van der Waals surface area contributed by atoms with Crippen molar-refractivity contribution in [2.24, 2.45) is 0 Å². The molecule has 0 radical (unpaired) electrons. The summed E-state index contributed by atoms with van der Waals surface area (Å²) in [6, 6.07) is 0. The Kier molecular flexibility index (Phi) is 4.50. The predicted molar refractivity (Wildman–Crippen MR) is 70.2 cm³/mol. The Hall–Kier alpha value is -0.940. The summed E-state index contributed by atoms with van der Waals surface area (Å²) >= 11 is 1.51. The first-order valence-electron chi connectivity index (χ1n) is 6.24. The molecule has 1 saturated heterocycles. The van der Waals surface area contributed by atoms with Gasteiger partial charge in [0.25, 0.3) is 0 Å². The highest BCUT2D eigenvalue weighted by Gasteiger charge is 2.12. The zero-order valence-electron chi connectivity index (χ0n) is 10.2. The predicted octanol–water partition coefficient (Wildman–Crippen LogP) is 2.48. The average Bonchev–Trinajstić information content (AvgIpc) is 2.77. The molecule has 1 aromatic heterocycles. The van der Waals surface area contributed by atoms with E-state index in [0.29, 0.717) is 6.42 Å². The molecule has 0 bridgehead atoms. The van der Waals surface area contributed by atoms with Crippen molar-refractivity contribution in [1.29, 1.82) is 0 Å². The van der Waals surface area contributed by atoms with E-state index in [2.05, 4.69) is 15.2 Å². The van der Waals surface area contributed by atoms with E-state index < -0.39 is 0 Å². The molecule has 1 aromatic rings. The minimum absolute atomic E-state index is 0.0314. The second kappa shape index (κ2) is 6.12. The molecule has 0 aliphatic carbocycles. The fourth-order valence-electron chi connectivity index (χ4n) is 1.99. The molecule has 1 aliphatic heterocycles. The van der Waals surface area contributed by atoms with Crippen LogP contribution >= 0.6 is 11.3 Å². The van der Waals surface area contributed by atoms with Gasteiger partial charge in [0.15, 0.2) is 5.13 Å². The van der Waals surface area contributed by atoms with Crippen molar-refractivity contribution in [3.8, 4) is 0 Å².